The van der Waals surface area contributed by atoms with Crippen molar-refractivity contribution in [3.63, 3.8) is 0 Å². The molecule has 0 saturated heterocycles. The Kier molecular flexibility index (Phi) is 42.6. The van der Waals surface area contributed by atoms with Crippen molar-refractivity contribution < 1.29 is 33.0 Å². The Hall–Kier alpha value is 5.26. The Labute approximate surface area is 192 Å². The molecule has 0 fully saturated rings. The summed E-state index contributed by atoms with van der Waals surface area (Å²) in [6, 6.07) is 0. The first-order valence-corrected chi connectivity index (χ1v) is 4.59. The predicted octanol–water partition coefficient (Wildman–Crippen LogP) is -4.05. The van der Waals surface area contributed by atoms with E-state index >= 15 is 0 Å². The first-order valence-electron chi connectivity index (χ1n) is 1.53. The summed E-state index contributed by atoms with van der Waals surface area (Å²) in [6.45, 7) is 0. The number of hydrogen-bond acceptors (Lipinski definition) is 3. The van der Waals surface area contributed by atoms with Crippen molar-refractivity contribution in [1.29, 1.82) is 0 Å². The zero-order valence-corrected chi connectivity index (χ0v) is 5.70. The van der Waals surface area contributed by atoms with Crippen molar-refractivity contribution in [2.24, 2.45) is 0 Å². The molecule has 7 nitrogen and oxygen atoms in total. The summed E-state index contributed by atoms with van der Waals surface area (Å²) >= 11 is 0. The van der Waals surface area contributed by atoms with Gasteiger partial charge in [0.15, 0.2) is 0 Å². The third kappa shape index (κ3) is 36.0. The summed E-state index contributed by atoms with van der Waals surface area (Å²) in [5, 5.41) is 0. The molecule has 14 heavy (non-hydrogen) atoms. The molecule has 0 heterocycles. The summed E-state index contributed by atoms with van der Waals surface area (Å²) in [5.41, 5.74) is 0. The third-order valence-corrected chi connectivity index (χ3v) is 1.91. The van der Waals surface area contributed by atoms with E-state index in [1.807, 2.05) is 0 Å². The van der Waals surface area contributed by atoms with Gasteiger partial charge in [-0.15, -0.1) is 0 Å². The summed E-state index contributed by atoms with van der Waals surface area (Å²) in [5.74, 6) is 0. The topological polar surface area (TPSA) is 124 Å². The molecule has 0 rings (SSSR count). The first kappa shape index (κ1) is 36.5. The Morgan fingerprint density at radius 1 is 0.643 bits per heavy atom. The van der Waals surface area contributed by atoms with E-state index in [9.17, 15) is 9.13 Å². The second-order valence-electron chi connectivity index (χ2n) is 1.06. The van der Waals surface area contributed by atoms with Gasteiger partial charge in [-0.25, -0.2) is 9.13 Å². The van der Waals surface area contributed by atoms with Crippen LogP contribution in [0.25, 0.3) is 0 Å². The standard InChI is InChI=1S/5Na.H4O7P2.5H/c;;;;;1-8(2,3)7-9(4,5)6;;;;;/h;;;;;(H2,1,2,3)(H2,4,5,6);;;;;. The van der Waals surface area contributed by atoms with Gasteiger partial charge in [0.25, 0.3) is 0 Å². The van der Waals surface area contributed by atoms with E-state index in [1.165, 1.54) is 0 Å². The monoisotopic (exact) mass is 298 g/mol. The zero-order chi connectivity index (χ0) is 7.71. The summed E-state index contributed by atoms with van der Waals surface area (Å²) in [6.07, 6.45) is 0. The van der Waals surface area contributed by atoms with Gasteiger partial charge in [0.1, 0.15) is 0 Å². The molecule has 0 radical (unpaired) electrons. The fraction of sp³-hybridized carbons (Fsp3) is 0. The summed E-state index contributed by atoms with van der Waals surface area (Å²) in [7, 11) is -10.1. The number of hydrogen-bond donors (Lipinski definition) is 4. The van der Waals surface area contributed by atoms with Crippen LogP contribution in [-0.4, -0.2) is 167 Å². The number of rotatable bonds is 2. The molecule has 0 aliphatic carbocycles. The Morgan fingerprint density at radius 2 is 0.786 bits per heavy atom. The molecule has 0 saturated carbocycles. The van der Waals surface area contributed by atoms with Crippen LogP contribution >= 0.6 is 15.6 Å². The Bertz CT molecular complexity index is 161. The zero-order valence-electron chi connectivity index (χ0n) is 3.91. The second-order valence-corrected chi connectivity index (χ2v) is 3.68. The summed E-state index contributed by atoms with van der Waals surface area (Å²) in [4.78, 5) is 31.0. The van der Waals surface area contributed by atoms with E-state index < -0.39 is 15.6 Å². The minimum absolute atomic E-state index is 0. The third-order valence-electron chi connectivity index (χ3n) is 0.213. The SMILES string of the molecule is O=P(O)(O)OP(=O)(O)O.[NaH].[NaH].[NaH].[NaH].[NaH]. The minimum atomic E-state index is -5.05. The van der Waals surface area contributed by atoms with Crippen LogP contribution in [0.4, 0.5) is 0 Å². The van der Waals surface area contributed by atoms with Crippen molar-refractivity contribution in [2.45, 2.75) is 0 Å². The van der Waals surface area contributed by atoms with E-state index in [4.69, 9.17) is 19.6 Å². The molecule has 66 valence electrons. The van der Waals surface area contributed by atoms with Crippen molar-refractivity contribution in [3.05, 3.63) is 0 Å². The second kappa shape index (κ2) is 16.3. The Balaban J connectivity index is -0.0000000320. The van der Waals surface area contributed by atoms with Gasteiger partial charge in [0.2, 0.25) is 0 Å². The van der Waals surface area contributed by atoms with Gasteiger partial charge >= 0.3 is 163 Å². The molecular weight excluding hydrogens is 289 g/mol. The molecule has 0 bridgehead atoms. The van der Waals surface area contributed by atoms with E-state index in [1.54, 1.807) is 0 Å². The van der Waals surface area contributed by atoms with Crippen LogP contribution < -0.4 is 0 Å². The van der Waals surface area contributed by atoms with E-state index in [0.717, 1.165) is 0 Å². The predicted molar refractivity (Wildman–Crippen MR) is 60.9 cm³/mol. The van der Waals surface area contributed by atoms with E-state index in [2.05, 4.69) is 4.31 Å². The Morgan fingerprint density at radius 3 is 0.786 bits per heavy atom. The molecule has 0 atom stereocenters. The van der Waals surface area contributed by atoms with Crippen LogP contribution in [0.2, 0.25) is 0 Å². The van der Waals surface area contributed by atoms with E-state index in [0.29, 0.717) is 0 Å². The van der Waals surface area contributed by atoms with Crippen LogP contribution in [0.5, 0.6) is 0 Å². The van der Waals surface area contributed by atoms with Crippen LogP contribution in [0.1, 0.15) is 0 Å². The van der Waals surface area contributed by atoms with Crippen molar-refractivity contribution in [2.75, 3.05) is 0 Å². The molecule has 0 spiro atoms. The van der Waals surface area contributed by atoms with Crippen molar-refractivity contribution in [1.82, 2.24) is 0 Å². The van der Waals surface area contributed by atoms with Gasteiger partial charge in [-0.3, -0.25) is 0 Å². The molecule has 0 aliphatic rings. The maximum absolute atomic E-state index is 9.63. The fourth-order valence-electron chi connectivity index (χ4n) is 0.139. The molecule has 14 heteroatoms. The van der Waals surface area contributed by atoms with Gasteiger partial charge in [0, 0.05) is 0 Å². The van der Waals surface area contributed by atoms with Gasteiger partial charge in [0.05, 0.1) is 0 Å². The van der Waals surface area contributed by atoms with Gasteiger partial charge in [-0.05, 0) is 0 Å². The molecule has 0 aromatic carbocycles. The normalized spacial score (nSPS) is 8.86. The van der Waals surface area contributed by atoms with Crippen LogP contribution in [0, 0.1) is 0 Å². The quantitative estimate of drug-likeness (QED) is 0.302. The molecule has 0 aromatic heterocycles. The fourth-order valence-corrected chi connectivity index (χ4v) is 1.25. The average Bonchev–Trinajstić information content (AvgIpc) is 1.14. The van der Waals surface area contributed by atoms with E-state index in [-0.39, 0.29) is 148 Å². The molecule has 0 aromatic rings. The molecule has 0 aliphatic heterocycles. The average molecular weight is 298 g/mol. The van der Waals surface area contributed by atoms with Crippen LogP contribution in [0.15, 0.2) is 0 Å². The van der Waals surface area contributed by atoms with Gasteiger partial charge < -0.3 is 19.6 Å². The maximum atomic E-state index is 9.63. The van der Waals surface area contributed by atoms with Crippen LogP contribution in [0.3, 0.4) is 0 Å². The molecule has 0 unspecified atom stereocenters. The summed E-state index contributed by atoms with van der Waals surface area (Å²) < 4.78 is 22.2. The van der Waals surface area contributed by atoms with Gasteiger partial charge in [-0.2, -0.15) is 4.31 Å². The molecule has 4 N–H and O–H groups in total. The van der Waals surface area contributed by atoms with Gasteiger partial charge in [-0.1, -0.05) is 0 Å². The van der Waals surface area contributed by atoms with Crippen LogP contribution in [-0.2, 0) is 13.4 Å². The first-order chi connectivity index (χ1) is 3.71. The molecular formula is H9Na5O7P2. The van der Waals surface area contributed by atoms with Crippen molar-refractivity contribution >= 4 is 163 Å². The molecule has 0 amide bonds. The number of phosphoric acid groups is 2. The van der Waals surface area contributed by atoms with Crippen molar-refractivity contribution in [3.8, 4) is 0 Å².